The molecule has 10 nitrogen and oxygen atoms in total. The van der Waals surface area contributed by atoms with Crippen LogP contribution in [0.5, 0.6) is 0 Å². The number of hydrogen-bond donors (Lipinski definition) is 4. The van der Waals surface area contributed by atoms with Crippen LogP contribution >= 0.6 is 11.6 Å². The second kappa shape index (κ2) is 14.1. The van der Waals surface area contributed by atoms with Crippen LogP contribution in [0, 0.1) is 5.82 Å². The Hall–Kier alpha value is -3.21. The van der Waals surface area contributed by atoms with E-state index < -0.39 is 53.6 Å². The standard InChI is InChI=1S/C22H30ClFN4O6/c1-22(2,3)34-21(33)25-11-7-6-10-16(17(29)12-23)27-18(30)13-26-19(31)20(32)28-15-9-5-4-8-14(15)24/h4-5,8-9,16H,6-7,10-13H2,1-3H3,(H,25,33)(H,26,31)(H,27,30)(H,28,32). The lowest BCUT2D eigenvalue weighted by atomic mass is 10.1. The van der Waals surface area contributed by atoms with E-state index in [-0.39, 0.29) is 18.0 Å². The smallest absolute Gasteiger partial charge is 0.407 e. The Morgan fingerprint density at radius 1 is 1.03 bits per heavy atom. The van der Waals surface area contributed by atoms with Gasteiger partial charge in [-0.05, 0) is 52.2 Å². The number of nitrogens with one attached hydrogen (secondary N) is 4. The number of ether oxygens (including phenoxy) is 1. The van der Waals surface area contributed by atoms with E-state index in [1.54, 1.807) is 20.8 Å². The van der Waals surface area contributed by atoms with Crippen LogP contribution in [0.25, 0.3) is 0 Å². The van der Waals surface area contributed by atoms with E-state index in [2.05, 4.69) is 21.3 Å². The zero-order valence-corrected chi connectivity index (χ0v) is 20.1. The van der Waals surface area contributed by atoms with E-state index in [0.29, 0.717) is 19.4 Å². The van der Waals surface area contributed by atoms with Gasteiger partial charge >= 0.3 is 17.9 Å². The summed E-state index contributed by atoms with van der Waals surface area (Å²) in [4.78, 5) is 59.5. The number of benzene rings is 1. The molecular formula is C22H30ClFN4O6. The highest BCUT2D eigenvalue weighted by Gasteiger charge is 2.21. The number of alkyl halides is 1. The van der Waals surface area contributed by atoms with Crippen molar-refractivity contribution in [3.05, 3.63) is 30.1 Å². The van der Waals surface area contributed by atoms with E-state index in [1.165, 1.54) is 18.2 Å². The van der Waals surface area contributed by atoms with Gasteiger partial charge in [-0.25, -0.2) is 9.18 Å². The van der Waals surface area contributed by atoms with Gasteiger partial charge in [0, 0.05) is 6.54 Å². The molecule has 0 fully saturated rings. The third-order valence-corrected chi connectivity index (χ3v) is 4.44. The van der Waals surface area contributed by atoms with Gasteiger partial charge in [-0.15, -0.1) is 11.6 Å². The Kier molecular flexibility index (Phi) is 12.0. The summed E-state index contributed by atoms with van der Waals surface area (Å²) >= 11 is 5.60. The summed E-state index contributed by atoms with van der Waals surface area (Å²) in [6.07, 6.45) is 0.716. The molecule has 0 aromatic heterocycles. The molecule has 4 N–H and O–H groups in total. The molecule has 34 heavy (non-hydrogen) atoms. The molecular weight excluding hydrogens is 471 g/mol. The Balaban J connectivity index is 2.42. The van der Waals surface area contributed by atoms with Crippen LogP contribution in [0.15, 0.2) is 24.3 Å². The normalized spacial score (nSPS) is 11.7. The van der Waals surface area contributed by atoms with Gasteiger partial charge in [0.15, 0.2) is 5.78 Å². The molecule has 0 saturated carbocycles. The first-order chi connectivity index (χ1) is 15.9. The Labute approximate surface area is 202 Å². The van der Waals surface area contributed by atoms with Gasteiger partial charge in [0.1, 0.15) is 11.4 Å². The molecule has 1 atom stereocenters. The van der Waals surface area contributed by atoms with Crippen LogP contribution in [0.3, 0.4) is 0 Å². The van der Waals surface area contributed by atoms with Crippen LogP contribution in [-0.2, 0) is 23.9 Å². The molecule has 188 valence electrons. The van der Waals surface area contributed by atoms with Crippen LogP contribution < -0.4 is 21.3 Å². The topological polar surface area (TPSA) is 143 Å². The van der Waals surface area contributed by atoms with Crippen molar-refractivity contribution in [3.8, 4) is 0 Å². The highest BCUT2D eigenvalue weighted by molar-refractivity contribution is 6.39. The van der Waals surface area contributed by atoms with Crippen LogP contribution in [0.2, 0.25) is 0 Å². The number of Topliss-reactive ketones (excluding diaryl/α,β-unsaturated/α-hetero) is 1. The lowest BCUT2D eigenvalue weighted by Crippen LogP contribution is -2.47. The first-order valence-corrected chi connectivity index (χ1v) is 11.1. The minimum Gasteiger partial charge on any atom is -0.444 e. The van der Waals surface area contributed by atoms with Crippen molar-refractivity contribution >= 4 is 46.9 Å². The van der Waals surface area contributed by atoms with Gasteiger partial charge in [-0.2, -0.15) is 0 Å². The van der Waals surface area contributed by atoms with Crippen molar-refractivity contribution in [1.29, 1.82) is 0 Å². The summed E-state index contributed by atoms with van der Waals surface area (Å²) in [5.74, 6) is -4.46. The number of carbonyl (C=O) groups excluding carboxylic acids is 5. The van der Waals surface area contributed by atoms with Crippen LogP contribution in [0.1, 0.15) is 40.0 Å². The molecule has 1 rings (SSSR count). The van der Waals surface area contributed by atoms with Crippen molar-refractivity contribution in [2.45, 2.75) is 51.7 Å². The number of ketones is 1. The molecule has 0 radical (unpaired) electrons. The van der Waals surface area contributed by atoms with Gasteiger partial charge in [0.05, 0.1) is 24.2 Å². The maximum absolute atomic E-state index is 13.6. The SMILES string of the molecule is CC(C)(C)OC(=O)NCCCCC(NC(=O)CNC(=O)C(=O)Nc1ccccc1F)C(=O)CCl. The molecule has 1 unspecified atom stereocenters. The average molecular weight is 501 g/mol. The van der Waals surface area contributed by atoms with Crippen molar-refractivity contribution in [3.63, 3.8) is 0 Å². The van der Waals surface area contributed by atoms with E-state index >= 15 is 0 Å². The molecule has 0 aliphatic rings. The van der Waals surface area contributed by atoms with Crippen molar-refractivity contribution in [1.82, 2.24) is 16.0 Å². The molecule has 4 amide bonds. The molecule has 0 saturated heterocycles. The Bertz CT molecular complexity index is 890. The second-order valence-electron chi connectivity index (χ2n) is 8.26. The third-order valence-electron chi connectivity index (χ3n) is 4.18. The molecule has 0 bridgehead atoms. The predicted octanol–water partition coefficient (Wildman–Crippen LogP) is 1.87. The van der Waals surface area contributed by atoms with Crippen molar-refractivity contribution < 1.29 is 33.1 Å². The molecule has 0 aliphatic heterocycles. The average Bonchev–Trinajstić information content (AvgIpc) is 2.76. The van der Waals surface area contributed by atoms with Crippen LogP contribution in [-0.4, -0.2) is 60.2 Å². The number of halogens is 2. The minimum atomic E-state index is -1.15. The quantitative estimate of drug-likeness (QED) is 0.207. The summed E-state index contributed by atoms with van der Waals surface area (Å²) in [5, 5.41) is 9.25. The fourth-order valence-electron chi connectivity index (χ4n) is 2.61. The highest BCUT2D eigenvalue weighted by atomic mass is 35.5. The van der Waals surface area contributed by atoms with Gasteiger partial charge in [-0.1, -0.05) is 12.1 Å². The number of rotatable bonds is 11. The monoisotopic (exact) mass is 500 g/mol. The number of amides is 4. The number of para-hydroxylation sites is 1. The van der Waals surface area contributed by atoms with E-state index in [9.17, 15) is 28.4 Å². The molecule has 1 aromatic carbocycles. The number of alkyl carbamates (subject to hydrolysis) is 1. The largest absolute Gasteiger partial charge is 0.444 e. The first-order valence-electron chi connectivity index (χ1n) is 10.6. The molecule has 1 aromatic rings. The summed E-state index contributed by atoms with van der Waals surface area (Å²) in [6.45, 7) is 4.98. The van der Waals surface area contributed by atoms with Gasteiger partial charge in [0.25, 0.3) is 0 Å². The Morgan fingerprint density at radius 2 is 1.71 bits per heavy atom. The van der Waals surface area contributed by atoms with Crippen molar-refractivity contribution in [2.24, 2.45) is 0 Å². The third kappa shape index (κ3) is 11.6. The number of carbonyl (C=O) groups is 5. The maximum atomic E-state index is 13.6. The zero-order valence-electron chi connectivity index (χ0n) is 19.3. The zero-order chi connectivity index (χ0) is 25.7. The lowest BCUT2D eigenvalue weighted by Gasteiger charge is -2.20. The fourth-order valence-corrected chi connectivity index (χ4v) is 2.80. The summed E-state index contributed by atoms with van der Waals surface area (Å²) in [6, 6.07) is 4.40. The number of hydrogen-bond acceptors (Lipinski definition) is 6. The first kappa shape index (κ1) is 28.8. The predicted molar refractivity (Wildman–Crippen MR) is 124 cm³/mol. The fraction of sp³-hybridized carbons (Fsp3) is 0.500. The van der Waals surface area contributed by atoms with Gasteiger partial charge < -0.3 is 26.0 Å². The van der Waals surface area contributed by atoms with Gasteiger partial charge in [0.2, 0.25) is 5.91 Å². The number of anilines is 1. The Morgan fingerprint density at radius 3 is 2.32 bits per heavy atom. The van der Waals surface area contributed by atoms with E-state index in [0.717, 1.165) is 6.07 Å². The van der Waals surface area contributed by atoms with Gasteiger partial charge in [-0.3, -0.25) is 19.2 Å². The van der Waals surface area contributed by atoms with E-state index in [1.807, 2.05) is 0 Å². The second-order valence-corrected chi connectivity index (χ2v) is 8.53. The highest BCUT2D eigenvalue weighted by Crippen LogP contribution is 2.12. The molecule has 0 spiro atoms. The maximum Gasteiger partial charge on any atom is 0.407 e. The van der Waals surface area contributed by atoms with Crippen LogP contribution in [0.4, 0.5) is 14.9 Å². The summed E-state index contributed by atoms with van der Waals surface area (Å²) < 4.78 is 18.7. The molecule has 12 heteroatoms. The lowest BCUT2D eigenvalue weighted by molar-refractivity contribution is -0.137. The minimum absolute atomic E-state index is 0.180. The number of unbranched alkanes of at least 4 members (excludes halogenated alkanes) is 1. The molecule has 0 heterocycles. The van der Waals surface area contributed by atoms with Crippen molar-refractivity contribution in [2.75, 3.05) is 24.3 Å². The summed E-state index contributed by atoms with van der Waals surface area (Å²) in [5.41, 5.74) is -0.791. The summed E-state index contributed by atoms with van der Waals surface area (Å²) in [7, 11) is 0. The van der Waals surface area contributed by atoms with E-state index in [4.69, 9.17) is 16.3 Å². The molecule has 0 aliphatic carbocycles.